The molecule has 1 aliphatic heterocycles. The van der Waals surface area contributed by atoms with Gasteiger partial charge in [0.15, 0.2) is 0 Å². The molecule has 3 aromatic rings. The number of rotatable bonds is 5. The van der Waals surface area contributed by atoms with Crippen molar-refractivity contribution >= 4 is 27.4 Å². The van der Waals surface area contributed by atoms with Crippen LogP contribution in [0, 0.1) is 6.92 Å². The summed E-state index contributed by atoms with van der Waals surface area (Å²) in [5.41, 5.74) is 1.27. The van der Waals surface area contributed by atoms with Crippen LogP contribution in [0.5, 0.6) is 0 Å². The van der Waals surface area contributed by atoms with Crippen LogP contribution in [-0.2, 0) is 0 Å². The minimum absolute atomic E-state index is 0.318. The standard InChI is InChI=1S/C19H23N5S/c1-14-22-18(16-7-11-25-19(16)23-14)21-13-17(15-6-5-8-20-12-15)24-9-3-2-4-10-24/h5-8,11-12,17H,2-4,9-10,13H2,1H3,(H,21,22,23). The van der Waals surface area contributed by atoms with Crippen molar-refractivity contribution in [1.82, 2.24) is 19.9 Å². The second kappa shape index (κ2) is 7.45. The number of aryl methyl sites for hydroxylation is 1. The van der Waals surface area contributed by atoms with Gasteiger partial charge in [-0.3, -0.25) is 9.88 Å². The van der Waals surface area contributed by atoms with Crippen molar-refractivity contribution in [1.29, 1.82) is 0 Å². The highest BCUT2D eigenvalue weighted by molar-refractivity contribution is 7.16. The van der Waals surface area contributed by atoms with Crippen molar-refractivity contribution < 1.29 is 0 Å². The molecule has 0 aliphatic carbocycles. The maximum atomic E-state index is 4.63. The van der Waals surface area contributed by atoms with Crippen LogP contribution in [0.1, 0.15) is 36.7 Å². The first-order valence-electron chi connectivity index (χ1n) is 8.91. The van der Waals surface area contributed by atoms with Gasteiger partial charge in [0.2, 0.25) is 0 Å². The molecular weight excluding hydrogens is 330 g/mol. The smallest absolute Gasteiger partial charge is 0.138 e. The second-order valence-corrected chi connectivity index (χ2v) is 7.43. The minimum Gasteiger partial charge on any atom is -0.367 e. The van der Waals surface area contributed by atoms with E-state index < -0.39 is 0 Å². The number of thiophene rings is 1. The number of pyridine rings is 1. The summed E-state index contributed by atoms with van der Waals surface area (Å²) < 4.78 is 0. The molecule has 0 amide bonds. The van der Waals surface area contributed by atoms with E-state index >= 15 is 0 Å². The van der Waals surface area contributed by atoms with E-state index in [1.807, 2.05) is 25.4 Å². The molecule has 0 spiro atoms. The second-order valence-electron chi connectivity index (χ2n) is 6.54. The van der Waals surface area contributed by atoms with Crippen molar-refractivity contribution in [3.8, 4) is 0 Å². The molecule has 1 saturated heterocycles. The molecule has 0 radical (unpaired) electrons. The third-order valence-electron chi connectivity index (χ3n) is 4.80. The Morgan fingerprint density at radius 1 is 1.20 bits per heavy atom. The molecule has 1 atom stereocenters. The molecule has 0 aromatic carbocycles. The highest BCUT2D eigenvalue weighted by Gasteiger charge is 2.22. The molecule has 1 aliphatic rings. The van der Waals surface area contributed by atoms with E-state index in [2.05, 4.69) is 42.7 Å². The van der Waals surface area contributed by atoms with Gasteiger partial charge in [-0.1, -0.05) is 12.5 Å². The van der Waals surface area contributed by atoms with Crippen LogP contribution in [0.2, 0.25) is 0 Å². The SMILES string of the molecule is Cc1nc(NCC(c2cccnc2)N2CCCCC2)c2ccsc2n1. The molecule has 5 nitrogen and oxygen atoms in total. The summed E-state index contributed by atoms with van der Waals surface area (Å²) in [4.78, 5) is 17.1. The van der Waals surface area contributed by atoms with Gasteiger partial charge in [0, 0.05) is 18.9 Å². The number of likely N-dealkylation sites (tertiary alicyclic amines) is 1. The Morgan fingerprint density at radius 2 is 2.08 bits per heavy atom. The van der Waals surface area contributed by atoms with E-state index in [4.69, 9.17) is 0 Å². The highest BCUT2D eigenvalue weighted by atomic mass is 32.1. The number of anilines is 1. The summed E-state index contributed by atoms with van der Waals surface area (Å²) in [6.45, 7) is 5.08. The first kappa shape index (κ1) is 16.4. The molecule has 4 rings (SSSR count). The third kappa shape index (κ3) is 3.65. The predicted octanol–water partition coefficient (Wildman–Crippen LogP) is 4.03. The molecule has 130 valence electrons. The largest absolute Gasteiger partial charge is 0.367 e. The Hall–Kier alpha value is -2.05. The lowest BCUT2D eigenvalue weighted by Crippen LogP contribution is -2.37. The average molecular weight is 353 g/mol. The monoisotopic (exact) mass is 353 g/mol. The van der Waals surface area contributed by atoms with Gasteiger partial charge in [0.25, 0.3) is 0 Å². The molecule has 0 saturated carbocycles. The maximum Gasteiger partial charge on any atom is 0.138 e. The molecule has 3 aromatic heterocycles. The quantitative estimate of drug-likeness (QED) is 0.750. The van der Waals surface area contributed by atoms with Gasteiger partial charge in [0.1, 0.15) is 16.5 Å². The number of piperidine rings is 1. The highest BCUT2D eigenvalue weighted by Crippen LogP contribution is 2.28. The Labute approximate surface area is 152 Å². The topological polar surface area (TPSA) is 53.9 Å². The van der Waals surface area contributed by atoms with E-state index in [9.17, 15) is 0 Å². The summed E-state index contributed by atoms with van der Waals surface area (Å²) in [5.74, 6) is 1.75. The summed E-state index contributed by atoms with van der Waals surface area (Å²) in [6, 6.07) is 6.62. The fourth-order valence-electron chi connectivity index (χ4n) is 3.55. The number of hydrogen-bond donors (Lipinski definition) is 1. The van der Waals surface area contributed by atoms with Crippen molar-refractivity contribution in [2.75, 3.05) is 25.0 Å². The average Bonchev–Trinajstić information content (AvgIpc) is 3.12. The molecule has 4 heterocycles. The summed E-state index contributed by atoms with van der Waals surface area (Å²) >= 11 is 1.66. The Bertz CT molecular complexity index is 826. The predicted molar refractivity (Wildman–Crippen MR) is 103 cm³/mol. The summed E-state index contributed by atoms with van der Waals surface area (Å²) in [7, 11) is 0. The normalized spacial score (nSPS) is 16.8. The van der Waals surface area contributed by atoms with Crippen LogP contribution in [-0.4, -0.2) is 39.5 Å². The molecule has 1 N–H and O–H groups in total. The van der Waals surface area contributed by atoms with Gasteiger partial charge in [-0.05, 0) is 55.9 Å². The number of nitrogens with one attached hydrogen (secondary N) is 1. The van der Waals surface area contributed by atoms with E-state index in [1.165, 1.54) is 24.8 Å². The summed E-state index contributed by atoms with van der Waals surface area (Å²) in [6.07, 6.45) is 7.72. The van der Waals surface area contributed by atoms with Gasteiger partial charge >= 0.3 is 0 Å². The zero-order valence-electron chi connectivity index (χ0n) is 14.5. The first-order valence-corrected chi connectivity index (χ1v) is 9.79. The number of nitrogens with zero attached hydrogens (tertiary/aromatic N) is 4. The Kier molecular flexibility index (Phi) is 4.90. The zero-order chi connectivity index (χ0) is 17.1. The zero-order valence-corrected chi connectivity index (χ0v) is 15.3. The lowest BCUT2D eigenvalue weighted by molar-refractivity contribution is 0.170. The molecule has 6 heteroatoms. The Balaban J connectivity index is 1.59. The third-order valence-corrected chi connectivity index (χ3v) is 5.61. The lowest BCUT2D eigenvalue weighted by atomic mass is 10.0. The maximum absolute atomic E-state index is 4.63. The lowest BCUT2D eigenvalue weighted by Gasteiger charge is -2.35. The number of aromatic nitrogens is 3. The van der Waals surface area contributed by atoms with Crippen LogP contribution in [0.4, 0.5) is 5.82 Å². The fourth-order valence-corrected chi connectivity index (χ4v) is 4.36. The van der Waals surface area contributed by atoms with E-state index in [1.54, 1.807) is 11.3 Å². The van der Waals surface area contributed by atoms with E-state index in [0.29, 0.717) is 6.04 Å². The molecule has 1 unspecified atom stereocenters. The van der Waals surface area contributed by atoms with Gasteiger partial charge < -0.3 is 5.32 Å². The van der Waals surface area contributed by atoms with Crippen molar-refractivity contribution in [2.45, 2.75) is 32.2 Å². The number of fused-ring (bicyclic) bond motifs is 1. The minimum atomic E-state index is 0.318. The van der Waals surface area contributed by atoms with E-state index in [0.717, 1.165) is 41.5 Å². The van der Waals surface area contributed by atoms with E-state index in [-0.39, 0.29) is 0 Å². The first-order chi connectivity index (χ1) is 12.3. The number of hydrogen-bond acceptors (Lipinski definition) is 6. The van der Waals surface area contributed by atoms with Crippen LogP contribution in [0.15, 0.2) is 36.0 Å². The van der Waals surface area contributed by atoms with Crippen molar-refractivity contribution in [3.05, 3.63) is 47.4 Å². The fraction of sp³-hybridized carbons (Fsp3) is 0.421. The molecular formula is C19H23N5S. The van der Waals surface area contributed by atoms with Gasteiger partial charge in [0.05, 0.1) is 11.4 Å². The van der Waals surface area contributed by atoms with Gasteiger partial charge in [-0.2, -0.15) is 0 Å². The van der Waals surface area contributed by atoms with Crippen LogP contribution in [0.25, 0.3) is 10.2 Å². The van der Waals surface area contributed by atoms with Crippen molar-refractivity contribution in [3.63, 3.8) is 0 Å². The molecule has 0 bridgehead atoms. The summed E-state index contributed by atoms with van der Waals surface area (Å²) in [5, 5.41) is 6.78. The van der Waals surface area contributed by atoms with Crippen LogP contribution in [0.3, 0.4) is 0 Å². The van der Waals surface area contributed by atoms with Gasteiger partial charge in [-0.25, -0.2) is 9.97 Å². The molecule has 25 heavy (non-hydrogen) atoms. The van der Waals surface area contributed by atoms with Gasteiger partial charge in [-0.15, -0.1) is 11.3 Å². The van der Waals surface area contributed by atoms with Crippen molar-refractivity contribution in [2.24, 2.45) is 0 Å². The Morgan fingerprint density at radius 3 is 2.88 bits per heavy atom. The molecule has 1 fully saturated rings. The van der Waals surface area contributed by atoms with Crippen LogP contribution >= 0.6 is 11.3 Å². The van der Waals surface area contributed by atoms with Crippen LogP contribution < -0.4 is 5.32 Å².